The minimum Gasteiger partial charge on any atom is -0.497 e. The predicted molar refractivity (Wildman–Crippen MR) is 155 cm³/mol. The molecule has 1 amide bonds. The molecule has 1 aliphatic rings. The number of amides is 1. The molecule has 1 fully saturated rings. The molecule has 3 N–H and O–H groups in total. The summed E-state index contributed by atoms with van der Waals surface area (Å²) in [6.45, 7) is 4.04. The smallest absolute Gasteiger partial charge is 0.238 e. The number of ether oxygens (including phenoxy) is 4. The molecule has 4 rings (SSSR count). The zero-order chi connectivity index (χ0) is 27.8. The van der Waals surface area contributed by atoms with Crippen LogP contribution in [0.2, 0.25) is 0 Å². The van der Waals surface area contributed by atoms with Crippen LogP contribution in [0.5, 0.6) is 23.0 Å². The largest absolute Gasteiger partial charge is 0.497 e. The quantitative estimate of drug-likeness (QED) is 0.364. The van der Waals surface area contributed by atoms with Crippen LogP contribution >= 0.6 is 11.8 Å². The number of carbonyl (C=O) groups excluding carboxylic acids is 1. The van der Waals surface area contributed by atoms with Crippen LogP contribution in [0.3, 0.4) is 0 Å². The fourth-order valence-electron chi connectivity index (χ4n) is 4.37. The lowest BCUT2D eigenvalue weighted by atomic mass is 10.2. The van der Waals surface area contributed by atoms with E-state index >= 15 is 0 Å². The van der Waals surface area contributed by atoms with Gasteiger partial charge in [0.15, 0.2) is 11.5 Å². The van der Waals surface area contributed by atoms with Gasteiger partial charge in [-0.3, -0.25) is 4.79 Å². The molecule has 0 bridgehead atoms. The molecule has 3 aromatic rings. The Bertz CT molecular complexity index is 1280. The number of methoxy groups -OCH3 is 3. The number of nitrogens with one attached hydrogen (secondary N) is 1. The normalized spacial score (nSPS) is 13.6. The van der Waals surface area contributed by atoms with Gasteiger partial charge in [0.1, 0.15) is 18.1 Å². The topological polar surface area (TPSA) is 98.5 Å². The van der Waals surface area contributed by atoms with Gasteiger partial charge >= 0.3 is 0 Å². The van der Waals surface area contributed by atoms with Crippen molar-refractivity contribution >= 4 is 29.0 Å². The van der Waals surface area contributed by atoms with Crippen LogP contribution in [0, 0.1) is 0 Å². The Morgan fingerprint density at radius 2 is 1.72 bits per heavy atom. The van der Waals surface area contributed by atoms with Crippen molar-refractivity contribution in [3.8, 4) is 23.0 Å². The van der Waals surface area contributed by atoms with Crippen molar-refractivity contribution in [2.45, 2.75) is 16.4 Å². The maximum atomic E-state index is 11.9. The van der Waals surface area contributed by atoms with Gasteiger partial charge in [0.2, 0.25) is 5.91 Å². The number of rotatable bonds is 11. The minimum absolute atomic E-state index is 0.0911. The maximum Gasteiger partial charge on any atom is 0.238 e. The van der Waals surface area contributed by atoms with Gasteiger partial charge < -0.3 is 39.8 Å². The van der Waals surface area contributed by atoms with Gasteiger partial charge in [-0.15, -0.1) is 0 Å². The summed E-state index contributed by atoms with van der Waals surface area (Å²) in [5.41, 5.74) is 8.05. The van der Waals surface area contributed by atoms with Gasteiger partial charge in [-0.1, -0.05) is 23.9 Å². The highest BCUT2D eigenvalue weighted by Crippen LogP contribution is 2.39. The van der Waals surface area contributed by atoms with Crippen LogP contribution in [0.15, 0.2) is 64.4 Å². The van der Waals surface area contributed by atoms with Gasteiger partial charge in [0.05, 0.1) is 33.6 Å². The summed E-state index contributed by atoms with van der Waals surface area (Å²) in [5, 5.41) is 2.80. The summed E-state index contributed by atoms with van der Waals surface area (Å²) in [5.74, 6) is 2.49. The molecule has 0 unspecified atom stereocenters. The van der Waals surface area contributed by atoms with E-state index in [0.717, 1.165) is 53.0 Å². The predicted octanol–water partition coefficient (Wildman–Crippen LogP) is 4.09. The monoisotopic (exact) mass is 552 g/mol. The summed E-state index contributed by atoms with van der Waals surface area (Å²) >= 11 is 1.56. The number of carbonyl (C=O) groups is 1. The number of benzene rings is 3. The Morgan fingerprint density at radius 3 is 2.41 bits per heavy atom. The molecule has 1 saturated heterocycles. The number of nitrogens with two attached hydrogens (primary N) is 1. The third-order valence-electron chi connectivity index (χ3n) is 6.46. The summed E-state index contributed by atoms with van der Waals surface area (Å²) in [6.07, 6.45) is 0. The van der Waals surface area contributed by atoms with Gasteiger partial charge in [-0.05, 0) is 43.4 Å². The first-order chi connectivity index (χ1) is 18.9. The van der Waals surface area contributed by atoms with Gasteiger partial charge in [0, 0.05) is 53.3 Å². The van der Waals surface area contributed by atoms with Crippen molar-refractivity contribution in [2.24, 2.45) is 5.73 Å². The number of likely N-dealkylation sites (N-methyl/N-ethyl adjacent to an activating group) is 1. The molecule has 1 heterocycles. The van der Waals surface area contributed by atoms with Gasteiger partial charge in [-0.25, -0.2) is 0 Å². The first kappa shape index (κ1) is 28.4. The summed E-state index contributed by atoms with van der Waals surface area (Å²) in [4.78, 5) is 18.4. The van der Waals surface area contributed by atoms with Crippen LogP contribution in [-0.2, 0) is 11.4 Å². The van der Waals surface area contributed by atoms with E-state index in [2.05, 4.69) is 40.4 Å². The maximum absolute atomic E-state index is 11.9. The Balaban J connectivity index is 1.63. The first-order valence-corrected chi connectivity index (χ1v) is 13.5. The van der Waals surface area contributed by atoms with E-state index < -0.39 is 0 Å². The third kappa shape index (κ3) is 7.29. The van der Waals surface area contributed by atoms with E-state index in [1.807, 2.05) is 30.3 Å². The first-order valence-electron chi connectivity index (χ1n) is 12.7. The Kier molecular flexibility index (Phi) is 9.80. The van der Waals surface area contributed by atoms with Gasteiger partial charge in [-0.2, -0.15) is 0 Å². The highest BCUT2D eigenvalue weighted by molar-refractivity contribution is 7.99. The fourth-order valence-corrected chi connectivity index (χ4v) is 5.31. The van der Waals surface area contributed by atoms with Crippen LogP contribution in [0.4, 0.5) is 11.4 Å². The second-order valence-corrected chi connectivity index (χ2v) is 10.3. The number of para-hydroxylation sites is 1. The molecule has 10 heteroatoms. The van der Waals surface area contributed by atoms with Crippen molar-refractivity contribution in [3.63, 3.8) is 0 Å². The molecule has 0 atom stereocenters. The molecule has 0 aromatic heterocycles. The Morgan fingerprint density at radius 1 is 0.923 bits per heavy atom. The molecule has 0 spiro atoms. The number of anilines is 2. The lowest BCUT2D eigenvalue weighted by Crippen LogP contribution is -2.44. The van der Waals surface area contributed by atoms with Crippen molar-refractivity contribution in [1.29, 1.82) is 0 Å². The molecule has 1 aliphatic heterocycles. The number of hydrogen-bond donors (Lipinski definition) is 2. The molecular formula is C29H36N4O5S. The summed E-state index contributed by atoms with van der Waals surface area (Å²) in [6, 6.07) is 17.6. The minimum atomic E-state index is -0.264. The molecular weight excluding hydrogens is 516 g/mol. The van der Waals surface area contributed by atoms with Crippen LogP contribution in [0.1, 0.15) is 5.56 Å². The number of nitrogens with zero attached hydrogens (tertiary/aromatic N) is 2. The van der Waals surface area contributed by atoms with Crippen LogP contribution in [0.25, 0.3) is 0 Å². The molecule has 0 radical (unpaired) electrons. The van der Waals surface area contributed by atoms with E-state index in [0.29, 0.717) is 29.5 Å². The lowest BCUT2D eigenvalue weighted by Gasteiger charge is -2.35. The highest BCUT2D eigenvalue weighted by atomic mass is 32.2. The van der Waals surface area contributed by atoms with Crippen molar-refractivity contribution in [3.05, 3.63) is 60.2 Å². The van der Waals surface area contributed by atoms with E-state index in [1.54, 1.807) is 39.2 Å². The van der Waals surface area contributed by atoms with Crippen molar-refractivity contribution in [1.82, 2.24) is 4.90 Å². The summed E-state index contributed by atoms with van der Waals surface area (Å²) in [7, 11) is 7.00. The Labute approximate surface area is 234 Å². The van der Waals surface area contributed by atoms with Gasteiger partial charge in [0.25, 0.3) is 0 Å². The second-order valence-electron chi connectivity index (χ2n) is 9.11. The standard InChI is InChI=1S/C29H36N4O5S/c1-32-10-12-33(13-11-32)25-9-8-23(39-24-15-21(31-28(34)18-30)14-22(16-24)35-2)17-27(25)38-19-20-6-5-7-26(36-3)29(20)37-4/h5-9,14-17H,10-13,18-19,30H2,1-4H3,(H,31,34). The zero-order valence-electron chi connectivity index (χ0n) is 22.9. The Hall–Kier alpha value is -3.60. The number of piperazine rings is 1. The second kappa shape index (κ2) is 13.5. The SMILES string of the molecule is COc1cc(NC(=O)CN)cc(Sc2ccc(N3CCN(C)CC3)c(OCc3cccc(OC)c3OC)c2)c1. The van der Waals surface area contributed by atoms with E-state index in [4.69, 9.17) is 24.7 Å². The number of hydrogen-bond acceptors (Lipinski definition) is 9. The molecule has 0 saturated carbocycles. The zero-order valence-corrected chi connectivity index (χ0v) is 23.7. The molecule has 39 heavy (non-hydrogen) atoms. The lowest BCUT2D eigenvalue weighted by molar-refractivity contribution is -0.114. The third-order valence-corrected chi connectivity index (χ3v) is 7.42. The molecule has 3 aromatic carbocycles. The average Bonchev–Trinajstić information content (AvgIpc) is 2.96. The molecule has 208 valence electrons. The van der Waals surface area contributed by atoms with Crippen molar-refractivity contribution < 1.29 is 23.7 Å². The van der Waals surface area contributed by atoms with E-state index in [9.17, 15) is 4.79 Å². The van der Waals surface area contributed by atoms with Crippen LogP contribution in [-0.4, -0.2) is 71.9 Å². The summed E-state index contributed by atoms with van der Waals surface area (Å²) < 4.78 is 23.0. The fraction of sp³-hybridized carbons (Fsp3) is 0.345. The van der Waals surface area contributed by atoms with Crippen molar-refractivity contribution in [2.75, 3.05) is 71.3 Å². The van der Waals surface area contributed by atoms with E-state index in [1.165, 1.54) is 0 Å². The molecule has 9 nitrogen and oxygen atoms in total. The average molecular weight is 553 g/mol. The van der Waals surface area contributed by atoms with E-state index in [-0.39, 0.29) is 12.5 Å². The highest BCUT2D eigenvalue weighted by Gasteiger charge is 2.20. The van der Waals surface area contributed by atoms with Crippen LogP contribution < -0.4 is 34.9 Å². The molecule has 0 aliphatic carbocycles.